The van der Waals surface area contributed by atoms with E-state index in [2.05, 4.69) is 54.6 Å². The van der Waals surface area contributed by atoms with Crippen LogP contribution >= 0.6 is 0 Å². The number of nitrogens with one attached hydrogen (secondary N) is 1. The first-order valence-electron chi connectivity index (χ1n) is 5.64. The second kappa shape index (κ2) is 4.33. The smallest absolute Gasteiger partial charge is 0.0214 e. The summed E-state index contributed by atoms with van der Waals surface area (Å²) in [6.45, 7) is 3.42. The molecule has 1 N–H and O–H groups in total. The molecule has 0 aromatic heterocycles. The van der Waals surface area contributed by atoms with Gasteiger partial charge in [0.15, 0.2) is 0 Å². The Bertz CT molecular complexity index is 302. The minimum Gasteiger partial charge on any atom is -0.315 e. The molecule has 0 amide bonds. The molecular weight excluding hydrogens is 184 g/mol. The third-order valence-corrected chi connectivity index (χ3v) is 3.35. The highest BCUT2D eigenvalue weighted by Gasteiger charge is 2.37. The van der Waals surface area contributed by atoms with Gasteiger partial charge in [0.05, 0.1) is 0 Å². The SMILES string of the molecule is CN(C)CCC1(c2ccccc2)CNC1. The van der Waals surface area contributed by atoms with Crippen molar-refractivity contribution in [3.63, 3.8) is 0 Å². The summed E-state index contributed by atoms with van der Waals surface area (Å²) in [5.41, 5.74) is 1.89. The lowest BCUT2D eigenvalue weighted by atomic mass is 9.72. The summed E-state index contributed by atoms with van der Waals surface area (Å²) in [7, 11) is 4.29. The Hall–Kier alpha value is -0.860. The van der Waals surface area contributed by atoms with Gasteiger partial charge >= 0.3 is 0 Å². The zero-order chi connectivity index (χ0) is 10.7. The topological polar surface area (TPSA) is 15.3 Å². The van der Waals surface area contributed by atoms with E-state index in [0.717, 1.165) is 19.6 Å². The van der Waals surface area contributed by atoms with Gasteiger partial charge in [0, 0.05) is 18.5 Å². The van der Waals surface area contributed by atoms with Crippen LogP contribution in [0.15, 0.2) is 30.3 Å². The number of rotatable bonds is 4. The average molecular weight is 204 g/mol. The van der Waals surface area contributed by atoms with E-state index >= 15 is 0 Å². The van der Waals surface area contributed by atoms with Crippen molar-refractivity contribution in [2.24, 2.45) is 0 Å². The first-order chi connectivity index (χ1) is 7.23. The Labute approximate surface area is 92.3 Å². The van der Waals surface area contributed by atoms with E-state index in [0.29, 0.717) is 5.41 Å². The van der Waals surface area contributed by atoms with Gasteiger partial charge in [-0.15, -0.1) is 0 Å². The Morgan fingerprint density at radius 3 is 2.33 bits per heavy atom. The van der Waals surface area contributed by atoms with Gasteiger partial charge in [-0.05, 0) is 32.6 Å². The molecule has 1 saturated heterocycles. The van der Waals surface area contributed by atoms with Crippen molar-refractivity contribution in [3.05, 3.63) is 35.9 Å². The molecule has 2 rings (SSSR count). The van der Waals surface area contributed by atoms with Crippen LogP contribution in [0.3, 0.4) is 0 Å². The second-order valence-corrected chi connectivity index (χ2v) is 4.80. The summed E-state index contributed by atoms with van der Waals surface area (Å²) in [5.74, 6) is 0. The fourth-order valence-electron chi connectivity index (χ4n) is 2.18. The van der Waals surface area contributed by atoms with E-state index < -0.39 is 0 Å². The third kappa shape index (κ3) is 2.21. The first kappa shape index (κ1) is 10.7. The van der Waals surface area contributed by atoms with Gasteiger partial charge in [0.25, 0.3) is 0 Å². The monoisotopic (exact) mass is 204 g/mol. The largest absolute Gasteiger partial charge is 0.315 e. The lowest BCUT2D eigenvalue weighted by Crippen LogP contribution is -2.57. The molecule has 15 heavy (non-hydrogen) atoms. The van der Waals surface area contributed by atoms with Gasteiger partial charge in [-0.3, -0.25) is 0 Å². The van der Waals surface area contributed by atoms with Gasteiger partial charge in [-0.2, -0.15) is 0 Å². The van der Waals surface area contributed by atoms with Crippen molar-refractivity contribution in [1.29, 1.82) is 0 Å². The van der Waals surface area contributed by atoms with E-state index in [1.807, 2.05) is 0 Å². The summed E-state index contributed by atoms with van der Waals surface area (Å²) >= 11 is 0. The molecule has 1 aromatic carbocycles. The van der Waals surface area contributed by atoms with Crippen LogP contribution in [0.5, 0.6) is 0 Å². The van der Waals surface area contributed by atoms with Gasteiger partial charge in [0.1, 0.15) is 0 Å². The van der Waals surface area contributed by atoms with Gasteiger partial charge in [-0.1, -0.05) is 30.3 Å². The zero-order valence-electron chi connectivity index (χ0n) is 9.66. The summed E-state index contributed by atoms with van der Waals surface area (Å²) < 4.78 is 0. The van der Waals surface area contributed by atoms with Crippen molar-refractivity contribution in [2.45, 2.75) is 11.8 Å². The summed E-state index contributed by atoms with van der Waals surface area (Å²) in [6, 6.07) is 10.9. The van der Waals surface area contributed by atoms with Crippen LogP contribution in [0.1, 0.15) is 12.0 Å². The highest BCUT2D eigenvalue weighted by Crippen LogP contribution is 2.31. The molecule has 0 unspecified atom stereocenters. The van der Waals surface area contributed by atoms with E-state index in [1.54, 1.807) is 0 Å². The minimum absolute atomic E-state index is 0.394. The molecule has 2 heteroatoms. The molecule has 0 spiro atoms. The summed E-state index contributed by atoms with van der Waals surface area (Å²) in [6.07, 6.45) is 1.25. The van der Waals surface area contributed by atoms with Gasteiger partial charge in [-0.25, -0.2) is 0 Å². The normalized spacial score (nSPS) is 18.9. The molecule has 82 valence electrons. The fourth-order valence-corrected chi connectivity index (χ4v) is 2.18. The molecule has 0 atom stereocenters. The maximum absolute atomic E-state index is 3.41. The molecular formula is C13H20N2. The molecule has 0 bridgehead atoms. The van der Waals surface area contributed by atoms with E-state index in [9.17, 15) is 0 Å². The number of benzene rings is 1. The van der Waals surface area contributed by atoms with Crippen LogP contribution in [0.2, 0.25) is 0 Å². The molecule has 0 saturated carbocycles. The molecule has 1 aliphatic heterocycles. The Morgan fingerprint density at radius 1 is 1.20 bits per heavy atom. The lowest BCUT2D eigenvalue weighted by Gasteiger charge is -2.44. The fraction of sp³-hybridized carbons (Fsp3) is 0.538. The molecule has 0 radical (unpaired) electrons. The van der Waals surface area contributed by atoms with E-state index in [1.165, 1.54) is 12.0 Å². The van der Waals surface area contributed by atoms with Crippen LogP contribution in [-0.4, -0.2) is 38.6 Å². The Kier molecular flexibility index (Phi) is 3.08. The maximum atomic E-state index is 3.41. The molecule has 2 nitrogen and oxygen atoms in total. The van der Waals surface area contributed by atoms with Crippen LogP contribution < -0.4 is 5.32 Å². The molecule has 1 heterocycles. The zero-order valence-corrected chi connectivity index (χ0v) is 9.66. The summed E-state index contributed by atoms with van der Waals surface area (Å²) in [5, 5.41) is 3.41. The van der Waals surface area contributed by atoms with Crippen LogP contribution in [-0.2, 0) is 5.41 Å². The van der Waals surface area contributed by atoms with E-state index in [4.69, 9.17) is 0 Å². The Morgan fingerprint density at radius 2 is 1.87 bits per heavy atom. The van der Waals surface area contributed by atoms with Gasteiger partial charge in [0.2, 0.25) is 0 Å². The molecule has 0 aliphatic carbocycles. The van der Waals surface area contributed by atoms with E-state index in [-0.39, 0.29) is 0 Å². The predicted molar refractivity (Wildman–Crippen MR) is 64.2 cm³/mol. The number of hydrogen-bond acceptors (Lipinski definition) is 2. The quantitative estimate of drug-likeness (QED) is 0.799. The lowest BCUT2D eigenvalue weighted by molar-refractivity contribution is 0.228. The second-order valence-electron chi connectivity index (χ2n) is 4.80. The van der Waals surface area contributed by atoms with Crippen LogP contribution in [0.4, 0.5) is 0 Å². The molecule has 1 aliphatic rings. The maximum Gasteiger partial charge on any atom is 0.0214 e. The standard InChI is InChI=1S/C13H20N2/c1-15(2)9-8-13(10-14-11-13)12-6-4-3-5-7-12/h3-7,14H,8-11H2,1-2H3. The van der Waals surface area contributed by atoms with Gasteiger partial charge < -0.3 is 10.2 Å². The minimum atomic E-state index is 0.394. The van der Waals surface area contributed by atoms with Crippen molar-refractivity contribution in [2.75, 3.05) is 33.7 Å². The van der Waals surface area contributed by atoms with Crippen molar-refractivity contribution in [3.8, 4) is 0 Å². The van der Waals surface area contributed by atoms with Crippen LogP contribution in [0.25, 0.3) is 0 Å². The van der Waals surface area contributed by atoms with Crippen LogP contribution in [0, 0.1) is 0 Å². The number of hydrogen-bond donors (Lipinski definition) is 1. The predicted octanol–water partition coefficient (Wildman–Crippen LogP) is 1.48. The van der Waals surface area contributed by atoms with Crippen molar-refractivity contribution < 1.29 is 0 Å². The molecule has 1 fully saturated rings. The molecule has 1 aromatic rings. The Balaban J connectivity index is 2.08. The van der Waals surface area contributed by atoms with Crippen molar-refractivity contribution in [1.82, 2.24) is 10.2 Å². The highest BCUT2D eigenvalue weighted by atomic mass is 15.1. The number of nitrogens with zero attached hydrogens (tertiary/aromatic N) is 1. The highest BCUT2D eigenvalue weighted by molar-refractivity contribution is 5.29. The summed E-state index contributed by atoms with van der Waals surface area (Å²) in [4.78, 5) is 2.27. The third-order valence-electron chi connectivity index (χ3n) is 3.35. The average Bonchev–Trinajstić information content (AvgIpc) is 2.17. The first-order valence-corrected chi connectivity index (χ1v) is 5.64. The van der Waals surface area contributed by atoms with Crippen molar-refractivity contribution >= 4 is 0 Å².